The zero-order valence-electron chi connectivity index (χ0n) is 10.6. The number of hydrogen-bond acceptors (Lipinski definition) is 2. The summed E-state index contributed by atoms with van der Waals surface area (Å²) >= 11 is 3.13. The second kappa shape index (κ2) is 6.68. The Hall–Kier alpha value is -1.39. The summed E-state index contributed by atoms with van der Waals surface area (Å²) < 4.78 is 19.8. The first-order valence-corrected chi connectivity index (χ1v) is 6.81. The molecule has 2 rings (SSSR count). The first-order chi connectivity index (χ1) is 9.20. The van der Waals surface area contributed by atoms with Gasteiger partial charge in [-0.1, -0.05) is 30.3 Å². The standard InChI is InChI=1S/C15H15BrFNO/c1-18-10-15(11-5-3-2-4-6-11)19-12-7-8-13(16)14(17)9-12/h2-9,15,18H,10H2,1H3. The second-order valence-corrected chi connectivity index (χ2v) is 5.01. The number of ether oxygens (including phenoxy) is 1. The van der Waals surface area contributed by atoms with Crippen molar-refractivity contribution in [2.75, 3.05) is 13.6 Å². The van der Waals surface area contributed by atoms with E-state index in [9.17, 15) is 4.39 Å². The zero-order chi connectivity index (χ0) is 13.7. The summed E-state index contributed by atoms with van der Waals surface area (Å²) in [6, 6.07) is 14.7. The number of benzene rings is 2. The number of likely N-dealkylation sites (N-methyl/N-ethyl adjacent to an activating group) is 1. The van der Waals surface area contributed by atoms with Crippen LogP contribution in [0.2, 0.25) is 0 Å². The summed E-state index contributed by atoms with van der Waals surface area (Å²) in [6.07, 6.45) is -0.147. The third-order valence-electron chi connectivity index (χ3n) is 2.73. The smallest absolute Gasteiger partial charge is 0.141 e. The molecular formula is C15H15BrFNO. The Kier molecular flexibility index (Phi) is 4.93. The summed E-state index contributed by atoms with van der Waals surface area (Å²) in [4.78, 5) is 0. The first-order valence-electron chi connectivity index (χ1n) is 6.02. The van der Waals surface area contributed by atoms with Crippen molar-refractivity contribution in [1.82, 2.24) is 5.32 Å². The van der Waals surface area contributed by atoms with Crippen LogP contribution < -0.4 is 10.1 Å². The van der Waals surface area contributed by atoms with Gasteiger partial charge in [0.15, 0.2) is 0 Å². The lowest BCUT2D eigenvalue weighted by atomic mass is 10.1. The minimum absolute atomic E-state index is 0.147. The van der Waals surface area contributed by atoms with Gasteiger partial charge in [0.25, 0.3) is 0 Å². The zero-order valence-corrected chi connectivity index (χ0v) is 12.2. The fourth-order valence-corrected chi connectivity index (χ4v) is 2.04. The number of hydrogen-bond donors (Lipinski definition) is 1. The van der Waals surface area contributed by atoms with Gasteiger partial charge < -0.3 is 10.1 Å². The molecule has 19 heavy (non-hydrogen) atoms. The van der Waals surface area contributed by atoms with Gasteiger partial charge in [-0.05, 0) is 40.7 Å². The van der Waals surface area contributed by atoms with E-state index in [1.165, 1.54) is 6.07 Å². The molecule has 1 unspecified atom stereocenters. The highest BCUT2D eigenvalue weighted by atomic mass is 79.9. The van der Waals surface area contributed by atoms with E-state index in [1.807, 2.05) is 37.4 Å². The van der Waals surface area contributed by atoms with Gasteiger partial charge in [0.05, 0.1) is 4.47 Å². The maximum absolute atomic E-state index is 13.5. The number of halogens is 2. The summed E-state index contributed by atoms with van der Waals surface area (Å²) in [5, 5.41) is 3.08. The lowest BCUT2D eigenvalue weighted by molar-refractivity contribution is 0.204. The minimum atomic E-state index is -0.325. The van der Waals surface area contributed by atoms with Crippen LogP contribution in [0, 0.1) is 5.82 Å². The summed E-state index contributed by atoms with van der Waals surface area (Å²) in [5.74, 6) is 0.193. The molecule has 1 atom stereocenters. The molecule has 0 saturated heterocycles. The van der Waals surface area contributed by atoms with Crippen LogP contribution in [0.25, 0.3) is 0 Å². The average Bonchev–Trinajstić information content (AvgIpc) is 2.43. The van der Waals surface area contributed by atoms with Crippen molar-refractivity contribution in [3.63, 3.8) is 0 Å². The predicted molar refractivity (Wildman–Crippen MR) is 77.8 cm³/mol. The van der Waals surface area contributed by atoms with Gasteiger partial charge >= 0.3 is 0 Å². The van der Waals surface area contributed by atoms with E-state index >= 15 is 0 Å². The van der Waals surface area contributed by atoms with Crippen LogP contribution in [0.3, 0.4) is 0 Å². The molecule has 0 heterocycles. The average molecular weight is 324 g/mol. The van der Waals surface area contributed by atoms with Crippen LogP contribution in [0.15, 0.2) is 53.0 Å². The number of nitrogens with one attached hydrogen (secondary N) is 1. The molecule has 0 aliphatic carbocycles. The lowest BCUT2D eigenvalue weighted by Gasteiger charge is -2.19. The molecule has 0 radical (unpaired) electrons. The van der Waals surface area contributed by atoms with Gasteiger partial charge in [0.1, 0.15) is 17.7 Å². The summed E-state index contributed by atoms with van der Waals surface area (Å²) in [7, 11) is 1.86. The van der Waals surface area contributed by atoms with E-state index in [0.29, 0.717) is 16.8 Å². The summed E-state index contributed by atoms with van der Waals surface area (Å²) in [5.41, 5.74) is 1.06. The predicted octanol–water partition coefficient (Wildman–Crippen LogP) is 3.93. The molecular weight excluding hydrogens is 309 g/mol. The van der Waals surface area contributed by atoms with Crippen molar-refractivity contribution >= 4 is 15.9 Å². The molecule has 0 fully saturated rings. The third-order valence-corrected chi connectivity index (χ3v) is 3.37. The Balaban J connectivity index is 2.19. The SMILES string of the molecule is CNCC(Oc1ccc(Br)c(F)c1)c1ccccc1. The van der Waals surface area contributed by atoms with E-state index in [-0.39, 0.29) is 11.9 Å². The van der Waals surface area contributed by atoms with Gasteiger partial charge in [0, 0.05) is 12.6 Å². The van der Waals surface area contributed by atoms with Crippen molar-refractivity contribution in [3.8, 4) is 5.75 Å². The Morgan fingerprint density at radius 1 is 1.21 bits per heavy atom. The van der Waals surface area contributed by atoms with E-state index < -0.39 is 0 Å². The van der Waals surface area contributed by atoms with Crippen LogP contribution in [0.5, 0.6) is 5.75 Å². The third kappa shape index (κ3) is 3.78. The molecule has 0 aliphatic rings. The van der Waals surface area contributed by atoms with Gasteiger partial charge in [-0.25, -0.2) is 4.39 Å². The lowest BCUT2D eigenvalue weighted by Crippen LogP contribution is -2.21. The molecule has 0 amide bonds. The van der Waals surface area contributed by atoms with Crippen molar-refractivity contribution in [2.45, 2.75) is 6.10 Å². The maximum atomic E-state index is 13.5. The van der Waals surface area contributed by atoms with E-state index in [1.54, 1.807) is 12.1 Å². The molecule has 1 N–H and O–H groups in total. The van der Waals surface area contributed by atoms with E-state index in [4.69, 9.17) is 4.74 Å². The molecule has 2 aromatic carbocycles. The van der Waals surface area contributed by atoms with Crippen LogP contribution in [0.1, 0.15) is 11.7 Å². The molecule has 0 bridgehead atoms. The normalized spacial score (nSPS) is 12.2. The maximum Gasteiger partial charge on any atom is 0.141 e. The Morgan fingerprint density at radius 3 is 2.58 bits per heavy atom. The molecule has 0 aromatic heterocycles. The van der Waals surface area contributed by atoms with E-state index in [0.717, 1.165) is 5.56 Å². The fourth-order valence-electron chi connectivity index (χ4n) is 1.80. The van der Waals surface area contributed by atoms with Crippen LogP contribution in [-0.4, -0.2) is 13.6 Å². The van der Waals surface area contributed by atoms with Crippen molar-refractivity contribution in [2.24, 2.45) is 0 Å². The quantitative estimate of drug-likeness (QED) is 0.900. The highest BCUT2D eigenvalue weighted by Gasteiger charge is 2.13. The molecule has 100 valence electrons. The van der Waals surface area contributed by atoms with Crippen molar-refractivity contribution < 1.29 is 9.13 Å². The largest absolute Gasteiger partial charge is 0.484 e. The van der Waals surface area contributed by atoms with Crippen LogP contribution in [0.4, 0.5) is 4.39 Å². The highest BCUT2D eigenvalue weighted by Crippen LogP contribution is 2.25. The van der Waals surface area contributed by atoms with Crippen LogP contribution >= 0.6 is 15.9 Å². The van der Waals surface area contributed by atoms with Gasteiger partial charge in [-0.15, -0.1) is 0 Å². The molecule has 4 heteroatoms. The van der Waals surface area contributed by atoms with Crippen molar-refractivity contribution in [1.29, 1.82) is 0 Å². The van der Waals surface area contributed by atoms with E-state index in [2.05, 4.69) is 21.2 Å². The van der Waals surface area contributed by atoms with Crippen LogP contribution in [-0.2, 0) is 0 Å². The van der Waals surface area contributed by atoms with Crippen molar-refractivity contribution in [3.05, 3.63) is 64.4 Å². The molecule has 2 aromatic rings. The van der Waals surface area contributed by atoms with Gasteiger partial charge in [-0.2, -0.15) is 0 Å². The van der Waals surface area contributed by atoms with Gasteiger partial charge in [-0.3, -0.25) is 0 Å². The van der Waals surface area contributed by atoms with Gasteiger partial charge in [0.2, 0.25) is 0 Å². The molecule has 2 nitrogen and oxygen atoms in total. The first kappa shape index (κ1) is 14.0. The Labute approximate surface area is 120 Å². The monoisotopic (exact) mass is 323 g/mol. The second-order valence-electron chi connectivity index (χ2n) is 4.15. The minimum Gasteiger partial charge on any atom is -0.484 e. The topological polar surface area (TPSA) is 21.3 Å². The number of rotatable bonds is 5. The highest BCUT2D eigenvalue weighted by molar-refractivity contribution is 9.10. The molecule has 0 spiro atoms. The molecule has 0 saturated carbocycles. The Morgan fingerprint density at radius 2 is 1.95 bits per heavy atom. The Bertz CT molecular complexity index is 533. The summed E-state index contributed by atoms with van der Waals surface area (Å²) in [6.45, 7) is 0.654. The fraction of sp³-hybridized carbons (Fsp3) is 0.200. The molecule has 0 aliphatic heterocycles.